The number of H-pyrrole nitrogens is 1. The lowest BCUT2D eigenvalue weighted by Gasteiger charge is -2.10. The Morgan fingerprint density at radius 2 is 2.22 bits per heavy atom. The molecule has 1 N–H and O–H groups in total. The van der Waals surface area contributed by atoms with Gasteiger partial charge in [-0.25, -0.2) is 4.39 Å². The highest BCUT2D eigenvalue weighted by molar-refractivity contribution is 9.10. The van der Waals surface area contributed by atoms with Crippen LogP contribution in [-0.2, 0) is 6.42 Å². The van der Waals surface area contributed by atoms with Crippen molar-refractivity contribution in [2.45, 2.75) is 26.7 Å². The Morgan fingerprint density at radius 1 is 1.50 bits per heavy atom. The Labute approximate surface area is 118 Å². The van der Waals surface area contributed by atoms with Crippen molar-refractivity contribution >= 4 is 28.1 Å². The molecule has 6 heteroatoms. The van der Waals surface area contributed by atoms with Gasteiger partial charge in [-0.2, -0.15) is 5.10 Å². The normalized spacial score (nSPS) is 10.9. The summed E-state index contributed by atoms with van der Waals surface area (Å²) in [5.41, 5.74) is 1.68. The summed E-state index contributed by atoms with van der Waals surface area (Å²) in [6, 6.07) is 3.22. The first-order chi connectivity index (χ1) is 8.54. The van der Waals surface area contributed by atoms with Crippen LogP contribution in [0.15, 0.2) is 16.6 Å². The molecular weight excluding hydrogens is 317 g/mol. The maximum absolute atomic E-state index is 13.4. The molecule has 0 aliphatic rings. The molecule has 0 amide bonds. The second-order valence-corrected chi connectivity index (χ2v) is 5.32. The van der Waals surface area contributed by atoms with Gasteiger partial charge >= 0.3 is 0 Å². The Bertz CT molecular complexity index is 633. The van der Waals surface area contributed by atoms with Gasteiger partial charge in [-0.15, -0.1) is 0 Å². The maximum Gasteiger partial charge on any atom is 0.199 e. The fourth-order valence-corrected chi connectivity index (χ4v) is 2.43. The van der Waals surface area contributed by atoms with E-state index in [4.69, 9.17) is 12.2 Å². The summed E-state index contributed by atoms with van der Waals surface area (Å²) in [4.78, 5) is 0. The maximum atomic E-state index is 13.4. The highest BCUT2D eigenvalue weighted by Crippen LogP contribution is 2.24. The molecule has 0 radical (unpaired) electrons. The molecule has 1 aromatic carbocycles. The molecule has 0 aliphatic heterocycles. The largest absolute Gasteiger partial charge is 0.272 e. The molecule has 0 bridgehead atoms. The summed E-state index contributed by atoms with van der Waals surface area (Å²) in [6.45, 7) is 3.94. The lowest BCUT2D eigenvalue weighted by molar-refractivity contribution is 0.619. The molecule has 2 aromatic rings. The smallest absolute Gasteiger partial charge is 0.199 e. The summed E-state index contributed by atoms with van der Waals surface area (Å²) < 4.78 is 16.3. The van der Waals surface area contributed by atoms with Gasteiger partial charge in [-0.1, -0.05) is 6.92 Å². The average molecular weight is 330 g/mol. The van der Waals surface area contributed by atoms with Gasteiger partial charge in [0.1, 0.15) is 11.6 Å². The first-order valence-electron chi connectivity index (χ1n) is 5.67. The van der Waals surface area contributed by atoms with Crippen molar-refractivity contribution in [1.82, 2.24) is 14.8 Å². The van der Waals surface area contributed by atoms with Crippen LogP contribution in [0, 0.1) is 17.5 Å². The second-order valence-electron chi connectivity index (χ2n) is 4.08. The zero-order valence-electron chi connectivity index (χ0n) is 10.1. The van der Waals surface area contributed by atoms with E-state index in [2.05, 4.69) is 33.1 Å². The molecule has 3 nitrogen and oxygen atoms in total. The summed E-state index contributed by atoms with van der Waals surface area (Å²) in [7, 11) is 0. The van der Waals surface area contributed by atoms with Crippen molar-refractivity contribution in [2.24, 2.45) is 0 Å². The molecule has 1 heterocycles. The summed E-state index contributed by atoms with van der Waals surface area (Å²) in [5, 5.41) is 7.00. The molecule has 0 aliphatic carbocycles. The van der Waals surface area contributed by atoms with Crippen LogP contribution in [0.4, 0.5) is 4.39 Å². The molecule has 96 valence electrons. The van der Waals surface area contributed by atoms with Crippen LogP contribution >= 0.6 is 28.1 Å². The fourth-order valence-electron chi connectivity index (χ4n) is 1.85. The van der Waals surface area contributed by atoms with E-state index < -0.39 is 0 Å². The molecule has 18 heavy (non-hydrogen) atoms. The number of aromatic amines is 1. The zero-order valence-corrected chi connectivity index (χ0v) is 12.5. The van der Waals surface area contributed by atoms with Crippen LogP contribution in [0.3, 0.4) is 0 Å². The Morgan fingerprint density at radius 3 is 2.89 bits per heavy atom. The van der Waals surface area contributed by atoms with E-state index in [1.54, 1.807) is 6.07 Å². The molecule has 2 rings (SSSR count). The number of benzene rings is 1. The van der Waals surface area contributed by atoms with Crippen LogP contribution in [0.2, 0.25) is 0 Å². The molecule has 0 atom stereocenters. The lowest BCUT2D eigenvalue weighted by atomic mass is 10.2. The molecule has 0 saturated heterocycles. The number of aryl methyl sites for hydroxylation is 2. The molecule has 1 aromatic heterocycles. The third-order valence-corrected chi connectivity index (χ3v) is 3.58. The van der Waals surface area contributed by atoms with Crippen LogP contribution in [-0.4, -0.2) is 14.8 Å². The average Bonchev–Trinajstić information content (AvgIpc) is 2.66. The standard InChI is InChI=1S/C12H13BrFN3S/c1-3-4-11-15-16-12(18)17(11)10-6-8(13)9(14)5-7(10)2/h5-6H,3-4H2,1-2H3,(H,16,18). The fraction of sp³-hybridized carbons (Fsp3) is 0.333. The first-order valence-corrected chi connectivity index (χ1v) is 6.87. The number of hydrogen-bond donors (Lipinski definition) is 1. The van der Waals surface area contributed by atoms with E-state index in [9.17, 15) is 4.39 Å². The third-order valence-electron chi connectivity index (χ3n) is 2.70. The predicted octanol–water partition coefficient (Wildman–Crippen LogP) is 4.09. The SMILES string of the molecule is CCCc1n[nH]c(=S)n1-c1cc(Br)c(F)cc1C. The highest BCUT2D eigenvalue weighted by Gasteiger charge is 2.12. The predicted molar refractivity (Wildman–Crippen MR) is 75.1 cm³/mol. The topological polar surface area (TPSA) is 33.6 Å². The van der Waals surface area contributed by atoms with E-state index in [1.807, 2.05) is 11.5 Å². The number of rotatable bonds is 3. The van der Waals surface area contributed by atoms with Crippen molar-refractivity contribution < 1.29 is 4.39 Å². The minimum Gasteiger partial charge on any atom is -0.272 e. The van der Waals surface area contributed by atoms with E-state index in [0.29, 0.717) is 9.24 Å². The third kappa shape index (κ3) is 2.40. The number of hydrogen-bond acceptors (Lipinski definition) is 2. The molecule has 0 spiro atoms. The minimum atomic E-state index is -0.275. The second kappa shape index (κ2) is 5.32. The van der Waals surface area contributed by atoms with Crippen LogP contribution in [0.5, 0.6) is 0 Å². The van der Waals surface area contributed by atoms with Gasteiger partial charge in [0.15, 0.2) is 4.77 Å². The van der Waals surface area contributed by atoms with E-state index in [0.717, 1.165) is 29.9 Å². The van der Waals surface area contributed by atoms with Gasteiger partial charge in [0.2, 0.25) is 0 Å². The molecule has 0 fully saturated rings. The molecular formula is C12H13BrFN3S. The number of nitrogens with zero attached hydrogens (tertiary/aromatic N) is 2. The lowest BCUT2D eigenvalue weighted by Crippen LogP contribution is -2.04. The Kier molecular flexibility index (Phi) is 3.97. The van der Waals surface area contributed by atoms with Crippen molar-refractivity contribution in [1.29, 1.82) is 0 Å². The van der Waals surface area contributed by atoms with Crippen molar-refractivity contribution in [3.63, 3.8) is 0 Å². The van der Waals surface area contributed by atoms with Crippen LogP contribution < -0.4 is 0 Å². The zero-order chi connectivity index (χ0) is 13.3. The summed E-state index contributed by atoms with van der Waals surface area (Å²) >= 11 is 8.44. The quantitative estimate of drug-likeness (QED) is 0.860. The highest BCUT2D eigenvalue weighted by atomic mass is 79.9. The van der Waals surface area contributed by atoms with Gasteiger partial charge in [-0.05, 0) is 59.2 Å². The minimum absolute atomic E-state index is 0.275. The number of aromatic nitrogens is 3. The van der Waals surface area contributed by atoms with Crippen molar-refractivity contribution in [2.75, 3.05) is 0 Å². The van der Waals surface area contributed by atoms with E-state index >= 15 is 0 Å². The van der Waals surface area contributed by atoms with Crippen molar-refractivity contribution in [3.05, 3.63) is 38.6 Å². The monoisotopic (exact) mass is 329 g/mol. The van der Waals surface area contributed by atoms with E-state index in [1.165, 1.54) is 6.07 Å². The van der Waals surface area contributed by atoms with Gasteiger partial charge < -0.3 is 0 Å². The molecule has 0 unspecified atom stereocenters. The summed E-state index contributed by atoms with van der Waals surface area (Å²) in [5.74, 6) is 0.590. The Balaban J connectivity index is 2.65. The van der Waals surface area contributed by atoms with Gasteiger partial charge in [0.05, 0.1) is 10.2 Å². The number of nitrogens with one attached hydrogen (secondary N) is 1. The van der Waals surface area contributed by atoms with Gasteiger partial charge in [0.25, 0.3) is 0 Å². The first kappa shape index (κ1) is 13.4. The van der Waals surface area contributed by atoms with Gasteiger partial charge in [-0.3, -0.25) is 9.67 Å². The number of halogens is 2. The van der Waals surface area contributed by atoms with E-state index in [-0.39, 0.29) is 5.82 Å². The van der Waals surface area contributed by atoms with Gasteiger partial charge in [0, 0.05) is 6.42 Å². The summed E-state index contributed by atoms with van der Waals surface area (Å²) in [6.07, 6.45) is 1.79. The van der Waals surface area contributed by atoms with Crippen molar-refractivity contribution in [3.8, 4) is 5.69 Å². The Hall–Kier alpha value is -1.01. The van der Waals surface area contributed by atoms with Crippen LogP contribution in [0.25, 0.3) is 5.69 Å². The molecule has 0 saturated carbocycles. The van der Waals surface area contributed by atoms with Crippen LogP contribution in [0.1, 0.15) is 24.7 Å².